The van der Waals surface area contributed by atoms with Crippen molar-refractivity contribution in [3.63, 3.8) is 0 Å². The van der Waals surface area contributed by atoms with Crippen LogP contribution in [0.5, 0.6) is 0 Å². The minimum Gasteiger partial charge on any atom is -0.480 e. The van der Waals surface area contributed by atoms with E-state index >= 15 is 0 Å². The summed E-state index contributed by atoms with van der Waals surface area (Å²) >= 11 is 0. The van der Waals surface area contributed by atoms with E-state index in [1.807, 2.05) is 0 Å². The third-order valence-corrected chi connectivity index (χ3v) is 2.42. The predicted molar refractivity (Wildman–Crippen MR) is 52.4 cm³/mol. The molecule has 0 fully saturated rings. The van der Waals surface area contributed by atoms with Gasteiger partial charge in [-0.25, -0.2) is 4.98 Å². The molecule has 0 amide bonds. The van der Waals surface area contributed by atoms with Gasteiger partial charge in [0.15, 0.2) is 0 Å². The fraction of sp³-hybridized carbons (Fsp3) is 0.500. The third-order valence-electron chi connectivity index (χ3n) is 2.42. The van der Waals surface area contributed by atoms with Gasteiger partial charge < -0.3 is 10.1 Å². The third kappa shape index (κ3) is 1.73. The molecule has 0 saturated carbocycles. The van der Waals surface area contributed by atoms with Gasteiger partial charge in [-0.2, -0.15) is 0 Å². The van der Waals surface area contributed by atoms with E-state index in [0.29, 0.717) is 13.0 Å². The van der Waals surface area contributed by atoms with Crippen LogP contribution < -0.4 is 0 Å². The fourth-order valence-electron chi connectivity index (χ4n) is 1.63. The Morgan fingerprint density at radius 3 is 3.14 bits per heavy atom. The number of carboxylic acids is 1. The van der Waals surface area contributed by atoms with E-state index in [0.717, 1.165) is 11.4 Å². The van der Waals surface area contributed by atoms with Crippen LogP contribution in [0.2, 0.25) is 0 Å². The number of H-pyrrole nitrogens is 1. The zero-order valence-corrected chi connectivity index (χ0v) is 8.54. The van der Waals surface area contributed by atoms with Gasteiger partial charge in [0.25, 0.3) is 0 Å². The van der Waals surface area contributed by atoms with Crippen LogP contribution in [0.3, 0.4) is 0 Å². The zero-order chi connectivity index (χ0) is 9.42. The second kappa shape index (κ2) is 3.98. The minimum absolute atomic E-state index is 0. The molecule has 0 aliphatic carbocycles. The predicted octanol–water partition coefficient (Wildman–Crippen LogP) is 0.273. The van der Waals surface area contributed by atoms with Crippen LogP contribution in [0.15, 0.2) is 6.33 Å². The normalized spacial score (nSPS) is 21.1. The van der Waals surface area contributed by atoms with Crippen molar-refractivity contribution in [1.29, 1.82) is 0 Å². The van der Waals surface area contributed by atoms with Crippen LogP contribution >= 0.6 is 12.4 Å². The molecular formula is C8H12ClN3O2. The lowest BCUT2D eigenvalue weighted by molar-refractivity contribution is -0.143. The Kier molecular flexibility index (Phi) is 3.13. The number of carboxylic acid groups (broad SMARTS) is 1. The quantitative estimate of drug-likeness (QED) is 0.709. The molecule has 0 spiro atoms. The molecule has 1 aliphatic heterocycles. The molecule has 0 saturated heterocycles. The van der Waals surface area contributed by atoms with Crippen molar-refractivity contribution in [2.75, 3.05) is 7.05 Å². The average molecular weight is 218 g/mol. The number of nitrogens with zero attached hydrogens (tertiary/aromatic N) is 2. The van der Waals surface area contributed by atoms with Crippen molar-refractivity contribution < 1.29 is 9.90 Å². The Bertz CT molecular complexity index is 339. The molecule has 78 valence electrons. The van der Waals surface area contributed by atoms with Crippen molar-refractivity contribution in [2.24, 2.45) is 0 Å². The first-order valence-electron chi connectivity index (χ1n) is 4.12. The summed E-state index contributed by atoms with van der Waals surface area (Å²) < 4.78 is 0. The topological polar surface area (TPSA) is 69.2 Å². The van der Waals surface area contributed by atoms with Gasteiger partial charge in [0.2, 0.25) is 0 Å². The van der Waals surface area contributed by atoms with Crippen molar-refractivity contribution in [1.82, 2.24) is 14.9 Å². The van der Waals surface area contributed by atoms with Crippen LogP contribution in [-0.4, -0.2) is 39.0 Å². The number of aromatic nitrogens is 2. The summed E-state index contributed by atoms with van der Waals surface area (Å²) in [5.74, 6) is -0.775. The SMILES string of the molecule is CN1Cc2nc[nH]c2C[C@@H]1C(=O)O.Cl. The van der Waals surface area contributed by atoms with Crippen molar-refractivity contribution in [3.05, 3.63) is 17.7 Å². The number of aromatic amines is 1. The first-order valence-corrected chi connectivity index (χ1v) is 4.12. The van der Waals surface area contributed by atoms with Crippen LogP contribution in [0.25, 0.3) is 0 Å². The smallest absolute Gasteiger partial charge is 0.321 e. The standard InChI is InChI=1S/C8H11N3O2.ClH/c1-11-3-6-5(9-4-10-6)2-7(11)8(12)13;/h4,7H,2-3H2,1H3,(H,9,10)(H,12,13);1H/t7-;/m1./s1. The molecule has 0 radical (unpaired) electrons. The lowest BCUT2D eigenvalue weighted by Crippen LogP contribution is -2.43. The highest BCUT2D eigenvalue weighted by Gasteiger charge is 2.29. The Hall–Kier alpha value is -1.07. The summed E-state index contributed by atoms with van der Waals surface area (Å²) in [6.07, 6.45) is 2.13. The fourth-order valence-corrected chi connectivity index (χ4v) is 1.63. The van der Waals surface area contributed by atoms with Gasteiger partial charge in [-0.15, -0.1) is 12.4 Å². The first kappa shape index (κ1) is 11.0. The van der Waals surface area contributed by atoms with E-state index in [4.69, 9.17) is 5.11 Å². The Labute approximate surface area is 87.5 Å². The summed E-state index contributed by atoms with van der Waals surface area (Å²) in [6, 6.07) is -0.423. The molecular weight excluding hydrogens is 206 g/mol. The van der Waals surface area contributed by atoms with Gasteiger partial charge in [-0.05, 0) is 7.05 Å². The molecule has 6 heteroatoms. The van der Waals surface area contributed by atoms with E-state index < -0.39 is 12.0 Å². The lowest BCUT2D eigenvalue weighted by atomic mass is 10.0. The minimum atomic E-state index is -0.775. The number of likely N-dealkylation sites (N-methyl/N-ethyl adjacent to an activating group) is 1. The van der Waals surface area contributed by atoms with E-state index in [2.05, 4.69) is 9.97 Å². The molecule has 14 heavy (non-hydrogen) atoms. The number of rotatable bonds is 1. The summed E-state index contributed by atoms with van der Waals surface area (Å²) in [5.41, 5.74) is 1.91. The average Bonchev–Trinajstić information content (AvgIpc) is 2.48. The maximum Gasteiger partial charge on any atom is 0.321 e. The highest BCUT2D eigenvalue weighted by Crippen LogP contribution is 2.18. The van der Waals surface area contributed by atoms with Crippen LogP contribution in [0.4, 0.5) is 0 Å². The molecule has 5 nitrogen and oxygen atoms in total. The molecule has 1 aromatic heterocycles. The van der Waals surface area contributed by atoms with E-state index in [1.54, 1.807) is 18.3 Å². The molecule has 2 rings (SSSR count). The van der Waals surface area contributed by atoms with Crippen LogP contribution in [-0.2, 0) is 17.8 Å². The number of hydrogen-bond acceptors (Lipinski definition) is 3. The zero-order valence-electron chi connectivity index (χ0n) is 7.73. The van der Waals surface area contributed by atoms with Gasteiger partial charge >= 0.3 is 5.97 Å². The second-order valence-corrected chi connectivity index (χ2v) is 3.30. The van der Waals surface area contributed by atoms with E-state index in [-0.39, 0.29) is 12.4 Å². The monoisotopic (exact) mass is 217 g/mol. The second-order valence-electron chi connectivity index (χ2n) is 3.30. The molecule has 0 bridgehead atoms. The number of aliphatic carboxylic acids is 1. The number of carbonyl (C=O) groups is 1. The summed E-state index contributed by atoms with van der Waals surface area (Å²) in [5, 5.41) is 8.90. The summed E-state index contributed by atoms with van der Waals surface area (Å²) in [4.78, 5) is 19.7. The lowest BCUT2D eigenvalue weighted by Gasteiger charge is -2.28. The number of hydrogen-bond donors (Lipinski definition) is 2. The van der Waals surface area contributed by atoms with Crippen molar-refractivity contribution >= 4 is 18.4 Å². The number of halogens is 1. The molecule has 1 aliphatic rings. The Morgan fingerprint density at radius 1 is 1.79 bits per heavy atom. The number of fused-ring (bicyclic) bond motifs is 1. The Morgan fingerprint density at radius 2 is 2.50 bits per heavy atom. The molecule has 0 unspecified atom stereocenters. The van der Waals surface area contributed by atoms with Gasteiger partial charge in [0.05, 0.1) is 12.0 Å². The van der Waals surface area contributed by atoms with Gasteiger partial charge in [-0.1, -0.05) is 0 Å². The molecule has 1 atom stereocenters. The largest absolute Gasteiger partial charge is 0.480 e. The first-order chi connectivity index (χ1) is 6.18. The molecule has 2 N–H and O–H groups in total. The van der Waals surface area contributed by atoms with E-state index in [1.165, 1.54) is 0 Å². The summed E-state index contributed by atoms with van der Waals surface area (Å²) in [7, 11) is 1.80. The van der Waals surface area contributed by atoms with Crippen molar-refractivity contribution in [3.8, 4) is 0 Å². The maximum atomic E-state index is 10.8. The highest BCUT2D eigenvalue weighted by atomic mass is 35.5. The van der Waals surface area contributed by atoms with E-state index in [9.17, 15) is 4.79 Å². The molecule has 1 aromatic rings. The van der Waals surface area contributed by atoms with Gasteiger partial charge in [0, 0.05) is 18.7 Å². The Balaban J connectivity index is 0.000000980. The molecule has 2 heterocycles. The van der Waals surface area contributed by atoms with Crippen LogP contribution in [0, 0.1) is 0 Å². The van der Waals surface area contributed by atoms with Crippen molar-refractivity contribution in [2.45, 2.75) is 19.0 Å². The number of nitrogens with one attached hydrogen (secondary N) is 1. The summed E-state index contributed by atoms with van der Waals surface area (Å²) in [6.45, 7) is 0.607. The maximum absolute atomic E-state index is 10.8. The number of imidazole rings is 1. The highest BCUT2D eigenvalue weighted by molar-refractivity contribution is 5.85. The van der Waals surface area contributed by atoms with Gasteiger partial charge in [0.1, 0.15) is 6.04 Å². The van der Waals surface area contributed by atoms with Gasteiger partial charge in [-0.3, -0.25) is 9.69 Å². The molecule has 0 aromatic carbocycles. The van der Waals surface area contributed by atoms with Crippen LogP contribution in [0.1, 0.15) is 11.4 Å².